The Morgan fingerprint density at radius 2 is 2.00 bits per heavy atom. The zero-order valence-electron chi connectivity index (χ0n) is 16.3. The van der Waals surface area contributed by atoms with Crippen LogP contribution in [0.1, 0.15) is 25.2 Å². The minimum Gasteiger partial charge on any atom is -0.349 e. The Morgan fingerprint density at radius 3 is 2.82 bits per heavy atom. The van der Waals surface area contributed by atoms with Gasteiger partial charge in [0.15, 0.2) is 0 Å². The van der Waals surface area contributed by atoms with Crippen molar-refractivity contribution in [3.63, 3.8) is 0 Å². The third kappa shape index (κ3) is 3.65. The van der Waals surface area contributed by atoms with Crippen molar-refractivity contribution in [2.75, 3.05) is 6.54 Å². The zero-order valence-corrected chi connectivity index (χ0v) is 16.3. The molecular weight excluding hydrogens is 354 g/mol. The van der Waals surface area contributed by atoms with E-state index in [1.165, 1.54) is 0 Å². The summed E-state index contributed by atoms with van der Waals surface area (Å²) in [6.07, 6.45) is 1.93. The summed E-state index contributed by atoms with van der Waals surface area (Å²) in [6.45, 7) is 6.45. The highest BCUT2D eigenvalue weighted by molar-refractivity contribution is 5.83. The van der Waals surface area contributed by atoms with Crippen LogP contribution >= 0.6 is 0 Å². The molecule has 0 atom stereocenters. The van der Waals surface area contributed by atoms with E-state index in [4.69, 9.17) is 0 Å². The number of fused-ring (bicyclic) bond motifs is 2. The lowest BCUT2D eigenvalue weighted by molar-refractivity contribution is -0.136. The molecule has 1 aliphatic heterocycles. The second-order valence-corrected chi connectivity index (χ2v) is 7.54. The summed E-state index contributed by atoms with van der Waals surface area (Å²) in [7, 11) is 0. The molecule has 1 N–H and O–H groups in total. The van der Waals surface area contributed by atoms with Crippen molar-refractivity contribution in [2.24, 2.45) is 5.92 Å². The van der Waals surface area contributed by atoms with E-state index in [1.54, 1.807) is 0 Å². The lowest BCUT2D eigenvalue weighted by atomic mass is 10.1. The maximum Gasteiger partial charge on any atom is 0.240 e. The Morgan fingerprint density at radius 1 is 1.18 bits per heavy atom. The SMILES string of the molecule is CC(C)C(=O)N1CCn2nc(CNC(=O)Cn3ccc4ccccc43)cc2C1. The molecule has 0 unspecified atom stereocenters. The number of hydrogen-bond acceptors (Lipinski definition) is 3. The molecule has 7 nitrogen and oxygen atoms in total. The molecule has 4 rings (SSSR count). The van der Waals surface area contributed by atoms with Gasteiger partial charge in [0.05, 0.1) is 31.0 Å². The first-order valence-corrected chi connectivity index (χ1v) is 9.66. The fraction of sp³-hybridized carbons (Fsp3) is 0.381. The van der Waals surface area contributed by atoms with Crippen LogP contribution < -0.4 is 5.32 Å². The number of carbonyl (C=O) groups is 2. The minimum absolute atomic E-state index is 0.00185. The van der Waals surface area contributed by atoms with Crippen LogP contribution in [0, 0.1) is 5.92 Å². The highest BCUT2D eigenvalue weighted by Gasteiger charge is 2.23. The maximum absolute atomic E-state index is 12.4. The summed E-state index contributed by atoms with van der Waals surface area (Å²) in [5.74, 6) is 0.114. The topological polar surface area (TPSA) is 72.2 Å². The summed E-state index contributed by atoms with van der Waals surface area (Å²) < 4.78 is 3.88. The summed E-state index contributed by atoms with van der Waals surface area (Å²) >= 11 is 0. The van der Waals surface area contributed by atoms with Crippen LogP contribution in [-0.4, -0.2) is 37.6 Å². The van der Waals surface area contributed by atoms with E-state index in [2.05, 4.69) is 10.4 Å². The predicted octanol–water partition coefficient (Wildman–Crippen LogP) is 2.15. The molecule has 0 aliphatic carbocycles. The smallest absolute Gasteiger partial charge is 0.240 e. The number of hydrogen-bond donors (Lipinski definition) is 1. The first kappa shape index (κ1) is 18.3. The number of benzene rings is 1. The monoisotopic (exact) mass is 379 g/mol. The van der Waals surface area contributed by atoms with E-state index in [1.807, 2.05) is 70.6 Å². The number of nitrogens with zero attached hydrogens (tertiary/aromatic N) is 4. The average Bonchev–Trinajstić information content (AvgIpc) is 3.29. The van der Waals surface area contributed by atoms with Gasteiger partial charge in [-0.3, -0.25) is 14.3 Å². The van der Waals surface area contributed by atoms with Crippen molar-refractivity contribution < 1.29 is 9.59 Å². The first-order valence-electron chi connectivity index (χ1n) is 9.66. The highest BCUT2D eigenvalue weighted by atomic mass is 16.2. The number of amides is 2. The number of para-hydroxylation sites is 1. The molecule has 146 valence electrons. The molecule has 0 radical (unpaired) electrons. The van der Waals surface area contributed by atoms with Crippen LogP contribution in [0.2, 0.25) is 0 Å². The molecule has 1 aliphatic rings. The normalized spacial score (nSPS) is 13.8. The molecule has 0 saturated heterocycles. The quantitative estimate of drug-likeness (QED) is 0.738. The van der Waals surface area contributed by atoms with Gasteiger partial charge in [0, 0.05) is 24.2 Å². The van der Waals surface area contributed by atoms with E-state index >= 15 is 0 Å². The molecule has 7 heteroatoms. The third-order valence-corrected chi connectivity index (χ3v) is 5.11. The van der Waals surface area contributed by atoms with Gasteiger partial charge in [0.2, 0.25) is 11.8 Å². The van der Waals surface area contributed by atoms with Crippen molar-refractivity contribution in [3.05, 3.63) is 54.0 Å². The Hall–Kier alpha value is -3.09. The lowest BCUT2D eigenvalue weighted by Crippen LogP contribution is -2.40. The van der Waals surface area contributed by atoms with Crippen LogP contribution in [0.4, 0.5) is 0 Å². The van der Waals surface area contributed by atoms with Crippen molar-refractivity contribution >= 4 is 22.7 Å². The maximum atomic E-state index is 12.4. The Bertz CT molecular complexity index is 1020. The van der Waals surface area contributed by atoms with Gasteiger partial charge in [0.1, 0.15) is 6.54 Å². The van der Waals surface area contributed by atoms with Crippen LogP contribution in [0.5, 0.6) is 0 Å². The first-order chi connectivity index (χ1) is 13.5. The minimum atomic E-state index is -0.0519. The third-order valence-electron chi connectivity index (χ3n) is 5.11. The molecule has 0 spiro atoms. The molecule has 1 aromatic carbocycles. The summed E-state index contributed by atoms with van der Waals surface area (Å²) in [4.78, 5) is 26.5. The van der Waals surface area contributed by atoms with E-state index in [0.717, 1.165) is 22.3 Å². The molecule has 3 heterocycles. The van der Waals surface area contributed by atoms with Gasteiger partial charge in [-0.25, -0.2) is 0 Å². The lowest BCUT2D eigenvalue weighted by Gasteiger charge is -2.29. The van der Waals surface area contributed by atoms with E-state index in [-0.39, 0.29) is 24.3 Å². The van der Waals surface area contributed by atoms with Crippen LogP contribution in [0.3, 0.4) is 0 Å². The number of aromatic nitrogens is 3. The molecule has 0 fully saturated rings. The second kappa shape index (κ2) is 7.50. The molecular formula is C21H25N5O2. The van der Waals surface area contributed by atoms with E-state index in [0.29, 0.717) is 26.2 Å². The predicted molar refractivity (Wildman–Crippen MR) is 106 cm³/mol. The molecule has 0 bridgehead atoms. The number of nitrogens with one attached hydrogen (secondary N) is 1. The number of carbonyl (C=O) groups excluding carboxylic acids is 2. The van der Waals surface area contributed by atoms with Crippen molar-refractivity contribution in [3.8, 4) is 0 Å². The van der Waals surface area contributed by atoms with Gasteiger partial charge in [-0.05, 0) is 23.6 Å². The molecule has 28 heavy (non-hydrogen) atoms. The van der Waals surface area contributed by atoms with Crippen molar-refractivity contribution in [1.82, 2.24) is 24.6 Å². The molecule has 2 aromatic heterocycles. The summed E-state index contributed by atoms with van der Waals surface area (Å²) in [5.41, 5.74) is 2.88. The van der Waals surface area contributed by atoms with Crippen molar-refractivity contribution in [2.45, 2.75) is 40.0 Å². The van der Waals surface area contributed by atoms with E-state index in [9.17, 15) is 9.59 Å². The zero-order chi connectivity index (χ0) is 19.7. The van der Waals surface area contributed by atoms with Crippen LogP contribution in [0.15, 0.2) is 42.6 Å². The van der Waals surface area contributed by atoms with Gasteiger partial charge < -0.3 is 14.8 Å². The summed E-state index contributed by atoms with van der Waals surface area (Å²) in [5, 5.41) is 8.64. The largest absolute Gasteiger partial charge is 0.349 e. The Kier molecular flexibility index (Phi) is 4.90. The Labute approximate surface area is 163 Å². The van der Waals surface area contributed by atoms with E-state index < -0.39 is 0 Å². The fourth-order valence-corrected chi connectivity index (χ4v) is 3.64. The Balaban J connectivity index is 1.36. The van der Waals surface area contributed by atoms with Gasteiger partial charge in [-0.1, -0.05) is 32.0 Å². The van der Waals surface area contributed by atoms with Crippen molar-refractivity contribution in [1.29, 1.82) is 0 Å². The van der Waals surface area contributed by atoms with Gasteiger partial charge in [-0.15, -0.1) is 0 Å². The number of rotatable bonds is 5. The fourth-order valence-electron chi connectivity index (χ4n) is 3.64. The highest BCUT2D eigenvalue weighted by Crippen LogP contribution is 2.17. The molecule has 2 amide bonds. The van der Waals surface area contributed by atoms with Crippen LogP contribution in [-0.2, 0) is 35.8 Å². The standard InChI is InChI=1S/C21H25N5O2/c1-15(2)21(28)25-9-10-26-18(13-25)11-17(23-26)12-22-20(27)14-24-8-7-16-5-3-4-6-19(16)24/h3-8,11,15H,9-10,12-14H2,1-2H3,(H,22,27). The molecule has 0 saturated carbocycles. The van der Waals surface area contributed by atoms with Crippen LogP contribution in [0.25, 0.3) is 10.9 Å². The average molecular weight is 379 g/mol. The van der Waals surface area contributed by atoms with Gasteiger partial charge >= 0.3 is 0 Å². The second-order valence-electron chi connectivity index (χ2n) is 7.54. The van der Waals surface area contributed by atoms with Gasteiger partial charge in [-0.2, -0.15) is 5.10 Å². The van der Waals surface area contributed by atoms with Gasteiger partial charge in [0.25, 0.3) is 0 Å². The summed E-state index contributed by atoms with van der Waals surface area (Å²) in [6, 6.07) is 12.0. The molecule has 3 aromatic rings.